The largest absolute Gasteiger partial charge is 0.383 e. The Bertz CT molecular complexity index is 409. The van der Waals surface area contributed by atoms with Gasteiger partial charge in [-0.1, -0.05) is 25.7 Å². The van der Waals surface area contributed by atoms with Gasteiger partial charge in [-0.2, -0.15) is 0 Å². The van der Waals surface area contributed by atoms with E-state index in [1.54, 1.807) is 13.0 Å². The average molecular weight is 266 g/mol. The Morgan fingerprint density at radius 1 is 1.32 bits per heavy atom. The van der Waals surface area contributed by atoms with Crippen LogP contribution in [0.2, 0.25) is 0 Å². The van der Waals surface area contributed by atoms with E-state index < -0.39 is 5.60 Å². The van der Waals surface area contributed by atoms with Crippen molar-refractivity contribution < 1.29 is 9.50 Å². The molecular weight excluding hydrogens is 243 g/mol. The zero-order chi connectivity index (χ0) is 13.9. The number of hydrogen-bond acceptors (Lipinski definition) is 3. The Morgan fingerprint density at radius 2 is 1.95 bits per heavy atom. The molecule has 3 N–H and O–H groups in total. The highest BCUT2D eigenvalue weighted by Crippen LogP contribution is 2.47. The molecule has 19 heavy (non-hydrogen) atoms. The summed E-state index contributed by atoms with van der Waals surface area (Å²) < 4.78 is 13.0. The number of nitrogens with zero attached hydrogens (tertiary/aromatic N) is 1. The molecule has 1 heterocycles. The van der Waals surface area contributed by atoms with E-state index in [0.717, 1.165) is 31.9 Å². The van der Waals surface area contributed by atoms with Gasteiger partial charge in [-0.15, -0.1) is 0 Å². The van der Waals surface area contributed by atoms with Crippen LogP contribution < -0.4 is 5.73 Å². The van der Waals surface area contributed by atoms with Crippen LogP contribution in [0, 0.1) is 11.2 Å². The summed E-state index contributed by atoms with van der Waals surface area (Å²) in [6, 6.07) is 2.91. The number of pyridine rings is 1. The zero-order valence-corrected chi connectivity index (χ0v) is 11.5. The summed E-state index contributed by atoms with van der Waals surface area (Å²) in [5.74, 6) is -0.387. The van der Waals surface area contributed by atoms with Crippen LogP contribution in [0.3, 0.4) is 0 Å². The average Bonchev–Trinajstić information content (AvgIpc) is 2.65. The van der Waals surface area contributed by atoms with Gasteiger partial charge < -0.3 is 10.8 Å². The first-order valence-electron chi connectivity index (χ1n) is 7.06. The van der Waals surface area contributed by atoms with E-state index in [0.29, 0.717) is 12.2 Å². The van der Waals surface area contributed by atoms with Crippen LogP contribution in [0.15, 0.2) is 18.3 Å². The molecule has 0 amide bonds. The van der Waals surface area contributed by atoms with Crippen molar-refractivity contribution in [3.8, 4) is 0 Å². The highest BCUT2D eigenvalue weighted by molar-refractivity contribution is 5.18. The third kappa shape index (κ3) is 2.65. The molecule has 106 valence electrons. The van der Waals surface area contributed by atoms with Crippen LogP contribution in [-0.4, -0.2) is 16.6 Å². The predicted molar refractivity (Wildman–Crippen MR) is 73.0 cm³/mol. The van der Waals surface area contributed by atoms with Gasteiger partial charge in [0.25, 0.3) is 0 Å². The third-order valence-corrected chi connectivity index (χ3v) is 4.71. The second-order valence-electron chi connectivity index (χ2n) is 5.83. The first-order valence-corrected chi connectivity index (χ1v) is 7.06. The van der Waals surface area contributed by atoms with Gasteiger partial charge >= 0.3 is 0 Å². The molecule has 1 aliphatic rings. The lowest BCUT2D eigenvalue weighted by Crippen LogP contribution is -2.48. The third-order valence-electron chi connectivity index (χ3n) is 4.71. The second-order valence-corrected chi connectivity index (χ2v) is 5.83. The molecule has 0 saturated heterocycles. The van der Waals surface area contributed by atoms with Crippen LogP contribution in [0.5, 0.6) is 0 Å². The van der Waals surface area contributed by atoms with Crippen LogP contribution in [0.25, 0.3) is 0 Å². The Morgan fingerprint density at radius 3 is 2.42 bits per heavy atom. The van der Waals surface area contributed by atoms with Crippen molar-refractivity contribution in [2.45, 2.75) is 51.0 Å². The van der Waals surface area contributed by atoms with E-state index in [1.165, 1.54) is 18.9 Å². The molecule has 1 fully saturated rings. The number of aromatic nitrogens is 1. The van der Waals surface area contributed by atoms with Gasteiger partial charge in [-0.3, -0.25) is 4.98 Å². The maximum absolute atomic E-state index is 13.0. The number of rotatable bonds is 3. The van der Waals surface area contributed by atoms with Gasteiger partial charge in [0.2, 0.25) is 0 Å². The minimum Gasteiger partial charge on any atom is -0.383 e. The highest BCUT2D eigenvalue weighted by Gasteiger charge is 2.47. The van der Waals surface area contributed by atoms with Gasteiger partial charge in [-0.05, 0) is 31.9 Å². The van der Waals surface area contributed by atoms with E-state index in [9.17, 15) is 9.50 Å². The molecule has 1 aromatic rings. The minimum absolute atomic E-state index is 0.353. The maximum atomic E-state index is 13.0. The van der Waals surface area contributed by atoms with Gasteiger partial charge in [0.05, 0.1) is 11.9 Å². The summed E-state index contributed by atoms with van der Waals surface area (Å²) in [6.07, 6.45) is 7.49. The molecule has 1 aromatic heterocycles. The fourth-order valence-electron chi connectivity index (χ4n) is 3.23. The zero-order valence-electron chi connectivity index (χ0n) is 11.5. The molecule has 0 radical (unpaired) electrons. The number of nitrogens with two attached hydrogens (primary N) is 1. The van der Waals surface area contributed by atoms with Crippen molar-refractivity contribution in [3.05, 3.63) is 29.8 Å². The topological polar surface area (TPSA) is 59.1 Å². The lowest BCUT2D eigenvalue weighted by Gasteiger charge is -2.44. The van der Waals surface area contributed by atoms with E-state index in [4.69, 9.17) is 5.73 Å². The number of halogens is 1. The monoisotopic (exact) mass is 266 g/mol. The normalized spacial score (nSPS) is 22.5. The first-order chi connectivity index (χ1) is 9.02. The molecule has 4 heteroatoms. The first kappa shape index (κ1) is 14.4. The SMILES string of the molecule is CC(O)(c1ccc(F)cn1)C1(CN)CCCCCC1. The van der Waals surface area contributed by atoms with Gasteiger partial charge in [-0.25, -0.2) is 4.39 Å². The van der Waals surface area contributed by atoms with Gasteiger partial charge in [0.15, 0.2) is 0 Å². The maximum Gasteiger partial charge on any atom is 0.141 e. The van der Waals surface area contributed by atoms with Crippen molar-refractivity contribution in [1.29, 1.82) is 0 Å². The van der Waals surface area contributed by atoms with Crippen LogP contribution in [0.1, 0.15) is 51.1 Å². The highest BCUT2D eigenvalue weighted by atomic mass is 19.1. The van der Waals surface area contributed by atoms with E-state index in [1.807, 2.05) is 0 Å². The number of aliphatic hydroxyl groups is 1. The van der Waals surface area contributed by atoms with Crippen molar-refractivity contribution in [3.63, 3.8) is 0 Å². The summed E-state index contributed by atoms with van der Waals surface area (Å²) in [5.41, 5.74) is 5.05. The molecule has 2 rings (SSSR count). The molecule has 0 bridgehead atoms. The molecular formula is C15H23FN2O. The molecule has 1 saturated carbocycles. The van der Waals surface area contributed by atoms with Gasteiger partial charge in [0, 0.05) is 12.0 Å². The molecule has 0 aliphatic heterocycles. The Hall–Kier alpha value is -1.00. The van der Waals surface area contributed by atoms with Crippen molar-refractivity contribution >= 4 is 0 Å². The predicted octanol–water partition coefficient (Wildman–Crippen LogP) is 2.73. The van der Waals surface area contributed by atoms with Gasteiger partial charge in [0.1, 0.15) is 11.4 Å². The Kier molecular flexibility index (Phi) is 4.21. The fraction of sp³-hybridized carbons (Fsp3) is 0.667. The van der Waals surface area contributed by atoms with Crippen LogP contribution >= 0.6 is 0 Å². The van der Waals surface area contributed by atoms with Crippen molar-refractivity contribution in [1.82, 2.24) is 4.98 Å². The summed E-state index contributed by atoms with van der Waals surface area (Å²) in [5, 5.41) is 11.0. The smallest absolute Gasteiger partial charge is 0.141 e. The molecule has 1 unspecified atom stereocenters. The minimum atomic E-state index is -1.11. The Balaban J connectivity index is 2.36. The van der Waals surface area contributed by atoms with E-state index in [-0.39, 0.29) is 11.2 Å². The summed E-state index contributed by atoms with van der Waals surface area (Å²) >= 11 is 0. The number of hydrogen-bond donors (Lipinski definition) is 2. The molecule has 1 atom stereocenters. The van der Waals surface area contributed by atoms with E-state index in [2.05, 4.69) is 4.98 Å². The fourth-order valence-corrected chi connectivity index (χ4v) is 3.23. The molecule has 3 nitrogen and oxygen atoms in total. The van der Waals surface area contributed by atoms with Crippen molar-refractivity contribution in [2.75, 3.05) is 6.54 Å². The quantitative estimate of drug-likeness (QED) is 0.827. The van der Waals surface area contributed by atoms with Crippen molar-refractivity contribution in [2.24, 2.45) is 11.1 Å². The molecule has 1 aliphatic carbocycles. The lowest BCUT2D eigenvalue weighted by atomic mass is 9.66. The van der Waals surface area contributed by atoms with E-state index >= 15 is 0 Å². The Labute approximate surface area is 114 Å². The molecule has 0 spiro atoms. The lowest BCUT2D eigenvalue weighted by molar-refractivity contribution is -0.0846. The molecule has 0 aromatic carbocycles. The summed E-state index contributed by atoms with van der Waals surface area (Å²) in [7, 11) is 0. The summed E-state index contributed by atoms with van der Waals surface area (Å²) in [4.78, 5) is 4.07. The summed E-state index contributed by atoms with van der Waals surface area (Å²) in [6.45, 7) is 2.20. The second kappa shape index (κ2) is 5.55. The standard InChI is InChI=1S/C15H23FN2O/c1-14(19,13-7-6-12(16)10-18-13)15(11-17)8-4-2-3-5-9-15/h6-7,10,19H,2-5,8-9,11,17H2,1H3. The van der Waals surface area contributed by atoms with Crippen LogP contribution in [-0.2, 0) is 5.60 Å². The van der Waals surface area contributed by atoms with Crippen LogP contribution in [0.4, 0.5) is 4.39 Å².